The minimum atomic E-state index is -0.584. The number of hydrogen-bond acceptors (Lipinski definition) is 5. The number of aryl methyl sites for hydroxylation is 1. The molecular weight excluding hydrogens is 240 g/mol. The average Bonchev–Trinajstić information content (AvgIpc) is 2.82. The smallest absolute Gasteiger partial charge is 0.381 e. The number of rotatable bonds is 7. The number of nitrogens with zero attached hydrogens (tertiary/aromatic N) is 3. The Bertz CT molecular complexity index is 418. The van der Waals surface area contributed by atoms with Crippen LogP contribution in [0, 0.1) is 16.0 Å². The zero-order valence-electron chi connectivity index (χ0n) is 10.1. The summed E-state index contributed by atoms with van der Waals surface area (Å²) in [5, 5.41) is 21.8. The first-order valence-electron chi connectivity index (χ1n) is 5.56. The second-order valence-corrected chi connectivity index (χ2v) is 4.07. The minimum Gasteiger partial charge on any atom is -0.396 e. The molecule has 0 aliphatic carbocycles. The van der Waals surface area contributed by atoms with Crippen molar-refractivity contribution in [3.63, 3.8) is 0 Å². The summed E-state index contributed by atoms with van der Waals surface area (Å²) in [7, 11) is 0. The summed E-state index contributed by atoms with van der Waals surface area (Å²) in [5.74, 6) is -0.376. The Kier molecular flexibility index (Phi) is 5.25. The fraction of sp³-hybridized carbons (Fsp3) is 0.600. The van der Waals surface area contributed by atoms with Crippen LogP contribution in [-0.4, -0.2) is 38.6 Å². The molecule has 0 saturated carbocycles. The monoisotopic (exact) mass is 256 g/mol. The van der Waals surface area contributed by atoms with E-state index in [4.69, 9.17) is 5.11 Å². The van der Waals surface area contributed by atoms with Crippen molar-refractivity contribution >= 4 is 11.7 Å². The van der Waals surface area contributed by atoms with Gasteiger partial charge in [0, 0.05) is 26.1 Å². The van der Waals surface area contributed by atoms with E-state index in [0.29, 0.717) is 13.1 Å². The molecule has 0 fully saturated rings. The molecule has 8 heteroatoms. The highest BCUT2D eigenvalue weighted by atomic mass is 16.6. The van der Waals surface area contributed by atoms with Crippen molar-refractivity contribution in [3.05, 3.63) is 22.6 Å². The number of carbonyl (C=O) groups is 1. The summed E-state index contributed by atoms with van der Waals surface area (Å²) in [6, 6.07) is 0. The predicted molar refractivity (Wildman–Crippen MR) is 62.8 cm³/mol. The van der Waals surface area contributed by atoms with Gasteiger partial charge in [0.1, 0.15) is 6.20 Å². The molecule has 0 aliphatic heterocycles. The Labute approximate surface area is 104 Å². The Morgan fingerprint density at radius 2 is 2.44 bits per heavy atom. The van der Waals surface area contributed by atoms with Gasteiger partial charge < -0.3 is 25.1 Å². The zero-order chi connectivity index (χ0) is 13.5. The van der Waals surface area contributed by atoms with Crippen molar-refractivity contribution in [2.75, 3.05) is 13.2 Å². The predicted octanol–water partition coefficient (Wildman–Crippen LogP) is -0.0740. The van der Waals surface area contributed by atoms with Gasteiger partial charge in [-0.15, -0.1) is 0 Å². The highest BCUT2D eigenvalue weighted by molar-refractivity contribution is 5.75. The molecule has 0 bridgehead atoms. The van der Waals surface area contributed by atoms with E-state index in [1.807, 2.05) is 6.92 Å². The average molecular weight is 256 g/mol. The summed E-state index contributed by atoms with van der Waals surface area (Å²) in [6.07, 6.45) is 2.82. The molecule has 1 heterocycles. The summed E-state index contributed by atoms with van der Waals surface area (Å²) in [5.41, 5.74) is 0. The Morgan fingerprint density at radius 1 is 1.72 bits per heavy atom. The van der Waals surface area contributed by atoms with Crippen LogP contribution in [0.15, 0.2) is 12.5 Å². The van der Waals surface area contributed by atoms with Gasteiger partial charge in [0.05, 0.1) is 0 Å². The SMILES string of the molecule is CC(CO)CNC(=O)CCn1cnc([N+](=O)[O-])c1. The van der Waals surface area contributed by atoms with E-state index in [2.05, 4.69) is 10.3 Å². The van der Waals surface area contributed by atoms with Gasteiger partial charge in [0.25, 0.3) is 0 Å². The van der Waals surface area contributed by atoms with Crippen molar-refractivity contribution in [1.29, 1.82) is 0 Å². The van der Waals surface area contributed by atoms with E-state index in [1.165, 1.54) is 17.1 Å². The summed E-state index contributed by atoms with van der Waals surface area (Å²) in [4.78, 5) is 24.8. The van der Waals surface area contributed by atoms with Gasteiger partial charge in [0.15, 0.2) is 0 Å². The zero-order valence-corrected chi connectivity index (χ0v) is 10.1. The molecule has 100 valence electrons. The van der Waals surface area contributed by atoms with Crippen LogP contribution in [0.3, 0.4) is 0 Å². The topological polar surface area (TPSA) is 110 Å². The molecule has 0 aliphatic rings. The molecule has 2 N–H and O–H groups in total. The third-order valence-electron chi connectivity index (χ3n) is 2.36. The lowest BCUT2D eigenvalue weighted by atomic mass is 10.2. The summed E-state index contributed by atoms with van der Waals surface area (Å²) in [6.45, 7) is 2.59. The highest BCUT2D eigenvalue weighted by Gasteiger charge is 2.10. The maximum atomic E-state index is 11.4. The fourth-order valence-electron chi connectivity index (χ4n) is 1.24. The molecule has 8 nitrogen and oxygen atoms in total. The van der Waals surface area contributed by atoms with Crippen LogP contribution in [0.2, 0.25) is 0 Å². The first-order valence-corrected chi connectivity index (χ1v) is 5.56. The number of hydrogen-bond donors (Lipinski definition) is 2. The van der Waals surface area contributed by atoms with Crippen molar-refractivity contribution < 1.29 is 14.8 Å². The van der Waals surface area contributed by atoms with Crippen LogP contribution in [0.5, 0.6) is 0 Å². The molecule has 1 aromatic rings. The van der Waals surface area contributed by atoms with Crippen LogP contribution in [0.25, 0.3) is 0 Å². The van der Waals surface area contributed by atoms with E-state index in [-0.39, 0.29) is 30.7 Å². The first-order chi connectivity index (χ1) is 8.52. The molecule has 0 radical (unpaired) electrons. The molecule has 0 spiro atoms. The number of amides is 1. The number of aliphatic hydroxyl groups is 1. The molecule has 18 heavy (non-hydrogen) atoms. The van der Waals surface area contributed by atoms with Crippen LogP contribution < -0.4 is 5.32 Å². The molecule has 1 atom stereocenters. The van der Waals surface area contributed by atoms with Gasteiger partial charge in [0.2, 0.25) is 12.2 Å². The summed E-state index contributed by atoms with van der Waals surface area (Å²) >= 11 is 0. The van der Waals surface area contributed by atoms with E-state index in [1.54, 1.807) is 0 Å². The third kappa shape index (κ3) is 4.50. The minimum absolute atomic E-state index is 0.0169. The first kappa shape index (κ1) is 14.1. The Morgan fingerprint density at radius 3 is 3.00 bits per heavy atom. The number of aromatic nitrogens is 2. The number of nitro groups is 1. The van der Waals surface area contributed by atoms with Gasteiger partial charge >= 0.3 is 5.82 Å². The molecular formula is C10H16N4O4. The van der Waals surface area contributed by atoms with Crippen LogP contribution in [-0.2, 0) is 11.3 Å². The lowest BCUT2D eigenvalue weighted by Gasteiger charge is -2.09. The molecule has 0 saturated heterocycles. The number of aliphatic hydroxyl groups excluding tert-OH is 1. The van der Waals surface area contributed by atoms with Gasteiger partial charge in [-0.1, -0.05) is 6.92 Å². The van der Waals surface area contributed by atoms with Crippen molar-refractivity contribution in [1.82, 2.24) is 14.9 Å². The van der Waals surface area contributed by atoms with Gasteiger partial charge in [-0.25, -0.2) is 0 Å². The molecule has 1 unspecified atom stereocenters. The fourth-order valence-corrected chi connectivity index (χ4v) is 1.24. The van der Waals surface area contributed by atoms with E-state index < -0.39 is 4.92 Å². The number of nitrogens with one attached hydrogen (secondary N) is 1. The standard InChI is InChI=1S/C10H16N4O4/c1-8(6-15)4-11-10(16)2-3-13-5-9(12-7-13)14(17)18/h5,7-8,15H,2-4,6H2,1H3,(H,11,16). The van der Waals surface area contributed by atoms with Crippen molar-refractivity contribution in [2.45, 2.75) is 19.9 Å². The third-order valence-corrected chi connectivity index (χ3v) is 2.36. The van der Waals surface area contributed by atoms with Gasteiger partial charge in [-0.05, 0) is 15.8 Å². The van der Waals surface area contributed by atoms with Crippen LogP contribution >= 0.6 is 0 Å². The lowest BCUT2D eigenvalue weighted by molar-refractivity contribution is -0.389. The lowest BCUT2D eigenvalue weighted by Crippen LogP contribution is -2.30. The van der Waals surface area contributed by atoms with Gasteiger partial charge in [-0.2, -0.15) is 0 Å². The normalized spacial score (nSPS) is 12.1. The largest absolute Gasteiger partial charge is 0.396 e. The number of imidazole rings is 1. The molecule has 1 rings (SSSR count). The quantitative estimate of drug-likeness (QED) is 0.524. The van der Waals surface area contributed by atoms with Crippen LogP contribution in [0.4, 0.5) is 5.82 Å². The Balaban J connectivity index is 2.31. The molecule has 1 aromatic heterocycles. The molecule has 1 amide bonds. The van der Waals surface area contributed by atoms with E-state index >= 15 is 0 Å². The second kappa shape index (κ2) is 6.70. The maximum absolute atomic E-state index is 11.4. The van der Waals surface area contributed by atoms with Crippen molar-refractivity contribution in [3.8, 4) is 0 Å². The maximum Gasteiger partial charge on any atom is 0.381 e. The second-order valence-electron chi connectivity index (χ2n) is 4.07. The van der Waals surface area contributed by atoms with E-state index in [0.717, 1.165) is 0 Å². The molecule has 0 aromatic carbocycles. The number of carbonyl (C=O) groups excluding carboxylic acids is 1. The summed E-state index contributed by atoms with van der Waals surface area (Å²) < 4.78 is 1.49. The Hall–Kier alpha value is -1.96. The van der Waals surface area contributed by atoms with Crippen molar-refractivity contribution in [2.24, 2.45) is 5.92 Å². The van der Waals surface area contributed by atoms with Crippen LogP contribution in [0.1, 0.15) is 13.3 Å². The van der Waals surface area contributed by atoms with E-state index in [9.17, 15) is 14.9 Å². The highest BCUT2D eigenvalue weighted by Crippen LogP contribution is 2.05. The van der Waals surface area contributed by atoms with Gasteiger partial charge in [-0.3, -0.25) is 4.79 Å².